The third-order valence-electron chi connectivity index (χ3n) is 13.9. The molecule has 0 radical (unpaired) electrons. The third-order valence-corrected chi connectivity index (χ3v) is 13.9. The van der Waals surface area contributed by atoms with Gasteiger partial charge in [-0.15, -0.1) is 0 Å². The Kier molecular flexibility index (Phi) is 26.1. The molecule has 1 saturated carbocycles. The molecular formula is C57H88BN. The van der Waals surface area contributed by atoms with E-state index in [1.807, 2.05) is 4.90 Å². The highest BCUT2D eigenvalue weighted by atomic mass is 15.1. The molecule has 0 aliphatic heterocycles. The zero-order chi connectivity index (χ0) is 41.3. The van der Waals surface area contributed by atoms with Gasteiger partial charge >= 0.3 is 0 Å². The summed E-state index contributed by atoms with van der Waals surface area (Å²) in [4.78, 5) is 1.86. The maximum atomic E-state index is 2.52. The molecule has 1 unspecified atom stereocenters. The van der Waals surface area contributed by atoms with E-state index >= 15 is 0 Å². The van der Waals surface area contributed by atoms with E-state index in [-0.39, 0.29) is 0 Å². The highest BCUT2D eigenvalue weighted by molar-refractivity contribution is 7.19. The van der Waals surface area contributed by atoms with Crippen LogP contribution < -0.4 is 26.8 Å². The Labute approximate surface area is 365 Å². The van der Waals surface area contributed by atoms with E-state index in [1.165, 1.54) is 215 Å². The average molecular weight is 798 g/mol. The van der Waals surface area contributed by atoms with Crippen molar-refractivity contribution >= 4 is 28.0 Å². The minimum atomic E-state index is -1.22. The first-order valence-corrected chi connectivity index (χ1v) is 25.5. The van der Waals surface area contributed by atoms with Crippen LogP contribution >= 0.6 is 0 Å². The van der Waals surface area contributed by atoms with E-state index in [1.54, 1.807) is 0 Å². The zero-order valence-corrected chi connectivity index (χ0v) is 38.4. The number of nitrogens with one attached hydrogen (secondary N) is 1. The number of quaternary nitrogens is 1. The lowest BCUT2D eigenvalue weighted by Gasteiger charge is -2.44. The van der Waals surface area contributed by atoms with Crippen LogP contribution in [-0.4, -0.2) is 25.8 Å². The van der Waals surface area contributed by atoms with Crippen LogP contribution in [-0.2, 0) is 0 Å². The summed E-state index contributed by atoms with van der Waals surface area (Å²) in [6.45, 7) is 3.73. The standard InChI is InChI=1S/C33H67N.C24H20B/c1-3-4-5-6-7-8-9-17-20-23-26-29-32-34(2)33-30-27-24-21-18-15-13-11-10-12-14-16-19-22-25-28-31-33;1-5-13-21(14-6-1)25(22-15-7-2-8-16-22,23-17-9-3-10-18-23)24-19-11-4-12-20-24/h33H,3-32H2,1-2H3;1-20H/q;-1/p+1. The molecule has 4 aromatic carbocycles. The normalized spacial score (nSPS) is 16.2. The quantitative estimate of drug-likeness (QED) is 0.0755. The molecule has 1 aliphatic carbocycles. The van der Waals surface area contributed by atoms with Gasteiger partial charge in [-0.25, -0.2) is 0 Å². The second kappa shape index (κ2) is 31.7. The molecule has 0 bridgehead atoms. The van der Waals surface area contributed by atoms with E-state index in [2.05, 4.69) is 135 Å². The molecule has 59 heavy (non-hydrogen) atoms. The van der Waals surface area contributed by atoms with Crippen molar-refractivity contribution in [3.8, 4) is 0 Å². The number of hydrogen-bond donors (Lipinski definition) is 1. The fourth-order valence-corrected chi connectivity index (χ4v) is 10.3. The largest absolute Gasteiger partial charge is 0.335 e. The van der Waals surface area contributed by atoms with Crippen molar-refractivity contribution in [3.05, 3.63) is 121 Å². The Balaban J connectivity index is 0.000000271. The molecule has 4 aromatic rings. The van der Waals surface area contributed by atoms with Gasteiger partial charge in [0.05, 0.1) is 19.6 Å². The molecular weight excluding hydrogens is 709 g/mol. The molecule has 0 saturated heterocycles. The number of benzene rings is 4. The molecule has 0 spiro atoms. The van der Waals surface area contributed by atoms with Crippen molar-refractivity contribution in [2.24, 2.45) is 0 Å². The molecule has 1 nitrogen and oxygen atoms in total. The molecule has 1 aliphatic rings. The highest BCUT2D eigenvalue weighted by Crippen LogP contribution is 2.17. The van der Waals surface area contributed by atoms with Gasteiger partial charge in [0.1, 0.15) is 6.15 Å². The molecule has 0 amide bonds. The van der Waals surface area contributed by atoms with E-state index in [0.29, 0.717) is 0 Å². The fourth-order valence-electron chi connectivity index (χ4n) is 10.3. The lowest BCUT2D eigenvalue weighted by molar-refractivity contribution is -0.907. The molecule has 1 N–H and O–H groups in total. The first kappa shape index (κ1) is 48.6. The smallest absolute Gasteiger partial charge is 0.108 e. The van der Waals surface area contributed by atoms with Gasteiger partial charge in [-0.3, -0.25) is 0 Å². The van der Waals surface area contributed by atoms with Crippen molar-refractivity contribution in [3.63, 3.8) is 0 Å². The average Bonchev–Trinajstić information content (AvgIpc) is 3.28. The predicted octanol–water partition coefficient (Wildman–Crippen LogP) is 13.3. The van der Waals surface area contributed by atoms with Gasteiger partial charge in [0, 0.05) is 0 Å². The Bertz CT molecular complexity index is 1320. The van der Waals surface area contributed by atoms with Crippen LogP contribution in [0.15, 0.2) is 121 Å². The summed E-state index contributed by atoms with van der Waals surface area (Å²) in [6, 6.07) is 44.5. The molecule has 324 valence electrons. The topological polar surface area (TPSA) is 4.44 Å². The monoisotopic (exact) mass is 798 g/mol. The number of unbranched alkanes of at least 4 members (excludes halogenated alkanes) is 11. The van der Waals surface area contributed by atoms with E-state index in [9.17, 15) is 0 Å². The van der Waals surface area contributed by atoms with Crippen molar-refractivity contribution in [1.29, 1.82) is 0 Å². The summed E-state index contributed by atoms with van der Waals surface area (Å²) in [5.74, 6) is 0. The fraction of sp³-hybridized carbons (Fsp3) is 0.579. The van der Waals surface area contributed by atoms with Gasteiger partial charge in [-0.2, -0.15) is 21.9 Å². The molecule has 0 heterocycles. The number of hydrogen-bond acceptors (Lipinski definition) is 0. The zero-order valence-electron chi connectivity index (χ0n) is 38.4. The van der Waals surface area contributed by atoms with Gasteiger partial charge in [-0.1, -0.05) is 276 Å². The second-order valence-electron chi connectivity index (χ2n) is 18.6. The van der Waals surface area contributed by atoms with E-state index < -0.39 is 6.15 Å². The minimum Gasteiger partial charge on any atom is -0.335 e. The maximum Gasteiger partial charge on any atom is 0.108 e. The van der Waals surface area contributed by atoms with Gasteiger partial charge in [0.25, 0.3) is 0 Å². The van der Waals surface area contributed by atoms with Crippen LogP contribution in [0.4, 0.5) is 0 Å². The summed E-state index contributed by atoms with van der Waals surface area (Å²) >= 11 is 0. The lowest BCUT2D eigenvalue weighted by Crippen LogP contribution is -3.13. The molecule has 5 rings (SSSR count). The molecule has 1 atom stereocenters. The Morgan fingerprint density at radius 3 is 0.898 bits per heavy atom. The maximum absolute atomic E-state index is 2.52. The van der Waals surface area contributed by atoms with Crippen molar-refractivity contribution in [2.75, 3.05) is 13.6 Å². The Morgan fingerprint density at radius 2 is 0.610 bits per heavy atom. The van der Waals surface area contributed by atoms with Gasteiger partial charge in [0.15, 0.2) is 0 Å². The minimum absolute atomic E-state index is 0.937. The Morgan fingerprint density at radius 1 is 0.356 bits per heavy atom. The second-order valence-corrected chi connectivity index (χ2v) is 18.6. The Hall–Kier alpha value is -3.10. The summed E-state index contributed by atoms with van der Waals surface area (Å²) < 4.78 is 0. The first-order chi connectivity index (χ1) is 29.3. The van der Waals surface area contributed by atoms with E-state index in [0.717, 1.165) is 6.04 Å². The van der Waals surface area contributed by atoms with Crippen LogP contribution in [0.5, 0.6) is 0 Å². The first-order valence-electron chi connectivity index (χ1n) is 25.5. The van der Waals surface area contributed by atoms with Gasteiger partial charge in [-0.05, 0) is 38.5 Å². The van der Waals surface area contributed by atoms with Gasteiger partial charge in [0.2, 0.25) is 0 Å². The summed E-state index contributed by atoms with van der Waals surface area (Å²) in [6.07, 6.45) is 41.7. The third kappa shape index (κ3) is 18.6. The lowest BCUT2D eigenvalue weighted by atomic mass is 9.13. The predicted molar refractivity (Wildman–Crippen MR) is 265 cm³/mol. The molecule has 1 fully saturated rings. The summed E-state index contributed by atoms with van der Waals surface area (Å²) in [5.41, 5.74) is 5.36. The summed E-state index contributed by atoms with van der Waals surface area (Å²) in [7, 11) is 2.52. The van der Waals surface area contributed by atoms with Crippen molar-refractivity contribution < 1.29 is 4.90 Å². The SMILES string of the molecule is CCCCCCCCCCCCCC[NH+](C)C1CCCCCCCCCCCCCCCCC1.c1ccc([B-](c2ccccc2)(c2ccccc2)c2ccccc2)cc1. The van der Waals surface area contributed by atoms with Crippen molar-refractivity contribution in [2.45, 2.75) is 199 Å². The van der Waals surface area contributed by atoms with Gasteiger partial charge < -0.3 is 4.90 Å². The number of rotatable bonds is 18. The van der Waals surface area contributed by atoms with Crippen LogP contribution in [0.2, 0.25) is 0 Å². The molecule has 2 heteroatoms. The van der Waals surface area contributed by atoms with Crippen LogP contribution in [0.1, 0.15) is 193 Å². The summed E-state index contributed by atoms with van der Waals surface area (Å²) in [5, 5.41) is 0. The van der Waals surface area contributed by atoms with Crippen molar-refractivity contribution in [1.82, 2.24) is 0 Å². The van der Waals surface area contributed by atoms with Crippen LogP contribution in [0.25, 0.3) is 0 Å². The van der Waals surface area contributed by atoms with E-state index in [4.69, 9.17) is 0 Å². The highest BCUT2D eigenvalue weighted by Gasteiger charge is 2.31. The molecule has 0 aromatic heterocycles. The van der Waals surface area contributed by atoms with Crippen LogP contribution in [0, 0.1) is 0 Å². The van der Waals surface area contributed by atoms with Crippen LogP contribution in [0.3, 0.4) is 0 Å².